The van der Waals surface area contributed by atoms with Crippen molar-refractivity contribution in [3.63, 3.8) is 0 Å². The van der Waals surface area contributed by atoms with E-state index in [1.807, 2.05) is 0 Å². The van der Waals surface area contributed by atoms with Gasteiger partial charge in [-0.15, -0.1) is 0 Å². The molecule has 1 saturated heterocycles. The Morgan fingerprint density at radius 3 is 2.36 bits per heavy atom. The van der Waals surface area contributed by atoms with Crippen molar-refractivity contribution in [2.45, 2.75) is 25.0 Å². The van der Waals surface area contributed by atoms with Crippen molar-refractivity contribution in [2.24, 2.45) is 11.8 Å². The monoisotopic (exact) mass is 346 g/mol. The first-order valence-corrected chi connectivity index (χ1v) is 8.42. The average molecular weight is 346 g/mol. The van der Waals surface area contributed by atoms with Crippen LogP contribution in [-0.2, 0) is 0 Å². The summed E-state index contributed by atoms with van der Waals surface area (Å²) in [5.74, 6) is 2.45. The van der Waals surface area contributed by atoms with Crippen LogP contribution in [0.5, 0.6) is 11.8 Å². The van der Waals surface area contributed by atoms with E-state index in [2.05, 4.69) is 25.0 Å². The van der Waals surface area contributed by atoms with Gasteiger partial charge in [0.25, 0.3) is 0 Å². The maximum absolute atomic E-state index is 10.5. The van der Waals surface area contributed by atoms with Crippen LogP contribution in [0.2, 0.25) is 0 Å². The van der Waals surface area contributed by atoms with E-state index in [9.17, 15) is 5.11 Å². The highest BCUT2D eigenvalue weighted by atomic mass is 16.5. The predicted octanol–water partition coefficient (Wildman–Crippen LogP) is 0.534. The molecule has 0 spiro atoms. The number of hydrogen-bond acceptors (Lipinski definition) is 8. The number of aliphatic hydroxyl groups excluding tert-OH is 1. The lowest BCUT2D eigenvalue weighted by atomic mass is 9.77. The molecular weight excluding hydrogens is 324 g/mol. The van der Waals surface area contributed by atoms with Gasteiger partial charge in [0.2, 0.25) is 17.7 Å². The van der Waals surface area contributed by atoms with Crippen molar-refractivity contribution in [1.82, 2.24) is 24.7 Å². The van der Waals surface area contributed by atoms with Gasteiger partial charge >= 0.3 is 0 Å². The molecular formula is C16H22N6O3. The Kier molecular flexibility index (Phi) is 4.16. The molecule has 0 bridgehead atoms. The first-order valence-electron chi connectivity index (χ1n) is 8.42. The van der Waals surface area contributed by atoms with Crippen molar-refractivity contribution in [3.05, 3.63) is 18.7 Å². The minimum atomic E-state index is -0.413. The van der Waals surface area contributed by atoms with Gasteiger partial charge < -0.3 is 19.5 Å². The van der Waals surface area contributed by atoms with Crippen LogP contribution in [0, 0.1) is 11.8 Å². The van der Waals surface area contributed by atoms with Gasteiger partial charge in [-0.3, -0.25) is 0 Å². The Hall–Kier alpha value is -2.42. The molecule has 0 unspecified atom stereocenters. The lowest BCUT2D eigenvalue weighted by Gasteiger charge is -2.34. The SMILES string of the molecule is COc1cc(OC)nc(N2C[C@H]3C[C@@H](n4cncn4)[C@H](O)C[C@H]3C2)n1. The van der Waals surface area contributed by atoms with Crippen LogP contribution < -0.4 is 14.4 Å². The van der Waals surface area contributed by atoms with Gasteiger partial charge in [-0.05, 0) is 24.7 Å². The molecule has 134 valence electrons. The first-order chi connectivity index (χ1) is 12.2. The summed E-state index contributed by atoms with van der Waals surface area (Å²) in [6.07, 6.45) is 4.39. The number of methoxy groups -OCH3 is 2. The van der Waals surface area contributed by atoms with Crippen molar-refractivity contribution in [2.75, 3.05) is 32.2 Å². The van der Waals surface area contributed by atoms with E-state index in [4.69, 9.17) is 9.47 Å². The zero-order chi connectivity index (χ0) is 17.4. The molecule has 4 atom stereocenters. The van der Waals surface area contributed by atoms with E-state index in [1.54, 1.807) is 31.3 Å². The van der Waals surface area contributed by atoms with E-state index in [0.717, 1.165) is 25.9 Å². The summed E-state index contributed by atoms with van der Waals surface area (Å²) in [7, 11) is 3.16. The maximum atomic E-state index is 10.5. The minimum Gasteiger partial charge on any atom is -0.481 e. The molecule has 1 N–H and O–H groups in total. The highest BCUT2D eigenvalue weighted by molar-refractivity contribution is 5.38. The molecule has 9 nitrogen and oxygen atoms in total. The van der Waals surface area contributed by atoms with E-state index in [-0.39, 0.29) is 6.04 Å². The number of hydrogen-bond donors (Lipinski definition) is 1. The van der Waals surface area contributed by atoms with Crippen LogP contribution in [0.4, 0.5) is 5.95 Å². The summed E-state index contributed by atoms with van der Waals surface area (Å²) in [5.41, 5.74) is 0. The lowest BCUT2D eigenvalue weighted by molar-refractivity contribution is 0.0305. The van der Waals surface area contributed by atoms with Gasteiger partial charge in [0.05, 0.1) is 32.4 Å². The van der Waals surface area contributed by atoms with Gasteiger partial charge in [-0.1, -0.05) is 0 Å². The van der Waals surface area contributed by atoms with E-state index >= 15 is 0 Å². The normalized spacial score (nSPS) is 28.7. The Morgan fingerprint density at radius 1 is 1.08 bits per heavy atom. The summed E-state index contributed by atoms with van der Waals surface area (Å²) in [5, 5.41) is 14.7. The van der Waals surface area contributed by atoms with Gasteiger partial charge in [0.1, 0.15) is 12.7 Å². The molecule has 2 aromatic rings. The van der Waals surface area contributed by atoms with Crippen molar-refractivity contribution in [1.29, 1.82) is 0 Å². The zero-order valence-electron chi connectivity index (χ0n) is 14.3. The van der Waals surface area contributed by atoms with Gasteiger partial charge in [-0.2, -0.15) is 15.1 Å². The molecule has 4 rings (SSSR count). The fourth-order valence-electron chi connectivity index (χ4n) is 3.99. The van der Waals surface area contributed by atoms with Gasteiger partial charge in [0.15, 0.2) is 0 Å². The Balaban J connectivity index is 1.53. The summed E-state index contributed by atoms with van der Waals surface area (Å²) in [6, 6.07) is 1.64. The number of aliphatic hydroxyl groups is 1. The first kappa shape index (κ1) is 16.1. The Morgan fingerprint density at radius 2 is 1.76 bits per heavy atom. The van der Waals surface area contributed by atoms with Crippen molar-refractivity contribution < 1.29 is 14.6 Å². The second kappa shape index (κ2) is 6.47. The summed E-state index contributed by atoms with van der Waals surface area (Å²) in [6.45, 7) is 1.67. The van der Waals surface area contributed by atoms with Crippen LogP contribution >= 0.6 is 0 Å². The molecule has 1 aliphatic carbocycles. The molecule has 0 aromatic carbocycles. The lowest BCUT2D eigenvalue weighted by Crippen LogP contribution is -2.36. The second-order valence-electron chi connectivity index (χ2n) is 6.66. The number of rotatable bonds is 4. The quantitative estimate of drug-likeness (QED) is 0.856. The third kappa shape index (κ3) is 2.99. The molecule has 25 heavy (non-hydrogen) atoms. The van der Waals surface area contributed by atoms with Crippen LogP contribution in [0.15, 0.2) is 18.7 Å². The Bertz CT molecular complexity index is 702. The van der Waals surface area contributed by atoms with Crippen LogP contribution in [0.1, 0.15) is 18.9 Å². The van der Waals surface area contributed by atoms with E-state index in [0.29, 0.717) is 29.5 Å². The molecule has 3 heterocycles. The van der Waals surface area contributed by atoms with Crippen LogP contribution in [0.25, 0.3) is 0 Å². The van der Waals surface area contributed by atoms with Gasteiger partial charge in [-0.25, -0.2) is 9.67 Å². The van der Waals surface area contributed by atoms with Crippen molar-refractivity contribution >= 4 is 5.95 Å². The topological polar surface area (TPSA) is 98.4 Å². The zero-order valence-corrected chi connectivity index (χ0v) is 14.3. The number of aromatic nitrogens is 5. The predicted molar refractivity (Wildman–Crippen MR) is 88.6 cm³/mol. The fourth-order valence-corrected chi connectivity index (χ4v) is 3.99. The molecule has 2 fully saturated rings. The molecule has 2 aliphatic rings. The summed E-state index contributed by atoms with van der Waals surface area (Å²) in [4.78, 5) is 15.1. The molecule has 0 radical (unpaired) electrons. The number of ether oxygens (including phenoxy) is 2. The summed E-state index contributed by atoms with van der Waals surface area (Å²) >= 11 is 0. The molecule has 2 aromatic heterocycles. The highest BCUT2D eigenvalue weighted by Crippen LogP contribution is 2.42. The number of fused-ring (bicyclic) bond motifs is 1. The van der Waals surface area contributed by atoms with Crippen LogP contribution in [0.3, 0.4) is 0 Å². The molecule has 0 amide bonds. The fraction of sp³-hybridized carbons (Fsp3) is 0.625. The Labute approximate surface area is 145 Å². The third-order valence-corrected chi connectivity index (χ3v) is 5.25. The molecule has 1 aliphatic heterocycles. The second-order valence-corrected chi connectivity index (χ2v) is 6.66. The molecule has 9 heteroatoms. The number of nitrogens with zero attached hydrogens (tertiary/aromatic N) is 6. The highest BCUT2D eigenvalue weighted by Gasteiger charge is 2.43. The average Bonchev–Trinajstić information content (AvgIpc) is 3.29. The summed E-state index contributed by atoms with van der Waals surface area (Å²) < 4.78 is 12.3. The van der Waals surface area contributed by atoms with Crippen molar-refractivity contribution in [3.8, 4) is 11.8 Å². The van der Waals surface area contributed by atoms with E-state index < -0.39 is 6.10 Å². The standard InChI is InChI=1S/C16H22N6O3/c1-24-14-5-15(25-2)20-16(19-14)21-6-10-3-12(22-9-17-8-18-22)13(23)4-11(10)7-21/h5,8-13,23H,3-4,6-7H2,1-2H3/t10-,11+,12-,13-/m1/s1. The number of anilines is 1. The van der Waals surface area contributed by atoms with E-state index in [1.165, 1.54) is 6.33 Å². The third-order valence-electron chi connectivity index (χ3n) is 5.25. The largest absolute Gasteiger partial charge is 0.481 e. The smallest absolute Gasteiger partial charge is 0.231 e. The van der Waals surface area contributed by atoms with Gasteiger partial charge in [0, 0.05) is 13.1 Å². The minimum absolute atomic E-state index is 0.0236. The van der Waals surface area contributed by atoms with Crippen LogP contribution in [-0.4, -0.2) is 63.3 Å². The molecule has 1 saturated carbocycles. The maximum Gasteiger partial charge on any atom is 0.231 e.